The normalized spacial score (nSPS) is 10.6. The number of rotatable bonds is 6. The zero-order valence-electron chi connectivity index (χ0n) is 16.6. The second-order valence-corrected chi connectivity index (χ2v) is 7.59. The number of aromatic nitrogens is 2. The van der Waals surface area contributed by atoms with Crippen LogP contribution in [-0.2, 0) is 0 Å². The maximum atomic E-state index is 13.0. The number of ether oxygens (including phenoxy) is 2. The van der Waals surface area contributed by atoms with Gasteiger partial charge in [0.25, 0.3) is 0 Å². The molecule has 0 amide bonds. The topological polar surface area (TPSA) is 53.4 Å². The molecule has 1 aromatic heterocycles. The summed E-state index contributed by atoms with van der Waals surface area (Å²) in [6.45, 7) is 1.91. The number of carbonyl (C=O) groups excluding carboxylic acids is 1. The smallest absolute Gasteiger partial charge is 0.345 e. The highest BCUT2D eigenvalue weighted by Gasteiger charge is 2.23. The van der Waals surface area contributed by atoms with Gasteiger partial charge in [0.05, 0.1) is 29.0 Å². The lowest BCUT2D eigenvalue weighted by Gasteiger charge is -2.11. The van der Waals surface area contributed by atoms with E-state index in [0.29, 0.717) is 17.2 Å². The van der Waals surface area contributed by atoms with Crippen LogP contribution in [-0.4, -0.2) is 22.9 Å². The molecule has 0 atom stereocenters. The molecule has 0 saturated heterocycles. The SMILES string of the molecule is COc1cccc(C(=O)Oc2c(Sc3ccccc3)c(C)nn2-c2ccccc2)c1. The lowest BCUT2D eigenvalue weighted by atomic mass is 10.2. The van der Waals surface area contributed by atoms with Gasteiger partial charge >= 0.3 is 5.97 Å². The van der Waals surface area contributed by atoms with Crippen molar-refractivity contribution in [2.24, 2.45) is 0 Å². The van der Waals surface area contributed by atoms with E-state index in [2.05, 4.69) is 5.10 Å². The van der Waals surface area contributed by atoms with Crippen LogP contribution in [0.2, 0.25) is 0 Å². The molecular formula is C24H20N2O3S. The third-order valence-corrected chi connectivity index (χ3v) is 5.61. The summed E-state index contributed by atoms with van der Waals surface area (Å²) in [5.74, 6) is 0.511. The molecule has 0 aliphatic rings. The fraction of sp³-hybridized carbons (Fsp3) is 0.0833. The van der Waals surface area contributed by atoms with Gasteiger partial charge in [-0.25, -0.2) is 4.79 Å². The van der Waals surface area contributed by atoms with Crippen molar-refractivity contribution < 1.29 is 14.3 Å². The van der Waals surface area contributed by atoms with Crippen molar-refractivity contribution in [3.8, 4) is 17.3 Å². The van der Waals surface area contributed by atoms with Crippen LogP contribution in [0, 0.1) is 6.92 Å². The Morgan fingerprint density at radius 2 is 1.63 bits per heavy atom. The van der Waals surface area contributed by atoms with Gasteiger partial charge in [0, 0.05) is 4.90 Å². The maximum absolute atomic E-state index is 13.0. The van der Waals surface area contributed by atoms with Gasteiger partial charge in [-0.3, -0.25) is 0 Å². The van der Waals surface area contributed by atoms with Crippen molar-refractivity contribution in [2.75, 3.05) is 7.11 Å². The fourth-order valence-corrected chi connectivity index (χ4v) is 3.88. The van der Waals surface area contributed by atoms with Crippen molar-refractivity contribution >= 4 is 17.7 Å². The number of aryl methyl sites for hydroxylation is 1. The number of benzene rings is 3. The molecule has 0 unspecified atom stereocenters. The number of hydrogen-bond acceptors (Lipinski definition) is 5. The monoisotopic (exact) mass is 416 g/mol. The molecule has 0 radical (unpaired) electrons. The van der Waals surface area contributed by atoms with Gasteiger partial charge < -0.3 is 9.47 Å². The van der Waals surface area contributed by atoms with Crippen molar-refractivity contribution in [3.63, 3.8) is 0 Å². The van der Waals surface area contributed by atoms with Crippen LogP contribution in [0.4, 0.5) is 0 Å². The van der Waals surface area contributed by atoms with Crippen LogP contribution >= 0.6 is 11.8 Å². The lowest BCUT2D eigenvalue weighted by molar-refractivity contribution is 0.0718. The Hall–Kier alpha value is -3.51. The van der Waals surface area contributed by atoms with Crippen LogP contribution < -0.4 is 9.47 Å². The molecule has 3 aromatic carbocycles. The van der Waals surface area contributed by atoms with E-state index in [0.717, 1.165) is 21.2 Å². The summed E-state index contributed by atoms with van der Waals surface area (Å²) in [7, 11) is 1.56. The first-order valence-electron chi connectivity index (χ1n) is 9.40. The second-order valence-electron chi connectivity index (χ2n) is 6.50. The van der Waals surface area contributed by atoms with E-state index >= 15 is 0 Å². The van der Waals surface area contributed by atoms with Gasteiger partial charge in [0.15, 0.2) is 0 Å². The number of carbonyl (C=O) groups is 1. The van der Waals surface area contributed by atoms with Crippen LogP contribution in [0.3, 0.4) is 0 Å². The molecule has 1 heterocycles. The Kier molecular flexibility index (Phi) is 5.86. The lowest BCUT2D eigenvalue weighted by Crippen LogP contribution is -2.12. The molecule has 0 saturated carbocycles. The van der Waals surface area contributed by atoms with Gasteiger partial charge in [-0.05, 0) is 49.4 Å². The van der Waals surface area contributed by atoms with Crippen LogP contribution in [0.5, 0.6) is 11.6 Å². The van der Waals surface area contributed by atoms with Crippen LogP contribution in [0.15, 0.2) is 94.7 Å². The highest BCUT2D eigenvalue weighted by molar-refractivity contribution is 7.99. The van der Waals surface area contributed by atoms with E-state index in [9.17, 15) is 4.79 Å². The van der Waals surface area contributed by atoms with Gasteiger partial charge in [0.2, 0.25) is 5.88 Å². The first kappa shape index (κ1) is 19.8. The average molecular weight is 417 g/mol. The molecule has 6 heteroatoms. The Morgan fingerprint density at radius 3 is 2.33 bits per heavy atom. The summed E-state index contributed by atoms with van der Waals surface area (Å²) < 4.78 is 12.8. The van der Waals surface area contributed by atoms with Crippen LogP contribution in [0.1, 0.15) is 16.1 Å². The van der Waals surface area contributed by atoms with Crippen molar-refractivity contribution in [3.05, 3.63) is 96.2 Å². The van der Waals surface area contributed by atoms with Crippen LogP contribution in [0.25, 0.3) is 5.69 Å². The summed E-state index contributed by atoms with van der Waals surface area (Å²) in [4.78, 5) is 14.8. The first-order valence-corrected chi connectivity index (χ1v) is 10.2. The third kappa shape index (κ3) is 4.23. The highest BCUT2D eigenvalue weighted by Crippen LogP contribution is 2.39. The largest absolute Gasteiger partial charge is 0.497 e. The summed E-state index contributed by atoms with van der Waals surface area (Å²) in [5.41, 5.74) is 2.00. The molecule has 0 fully saturated rings. The number of hydrogen-bond donors (Lipinski definition) is 0. The summed E-state index contributed by atoms with van der Waals surface area (Å²) in [6, 6.07) is 26.5. The first-order chi connectivity index (χ1) is 14.7. The van der Waals surface area contributed by atoms with E-state index in [4.69, 9.17) is 9.47 Å². The molecule has 0 aliphatic heterocycles. The molecule has 5 nitrogen and oxygen atoms in total. The molecule has 0 N–H and O–H groups in total. The molecule has 4 rings (SSSR count). The minimum atomic E-state index is -0.471. The maximum Gasteiger partial charge on any atom is 0.345 e. The average Bonchev–Trinajstić information content (AvgIpc) is 3.10. The van der Waals surface area contributed by atoms with E-state index in [1.165, 1.54) is 11.8 Å². The number of esters is 1. The van der Waals surface area contributed by atoms with Gasteiger partial charge in [0.1, 0.15) is 5.75 Å². The quantitative estimate of drug-likeness (QED) is 0.385. The molecular weight excluding hydrogens is 396 g/mol. The Balaban J connectivity index is 1.76. The molecule has 0 aliphatic carbocycles. The predicted molar refractivity (Wildman–Crippen MR) is 117 cm³/mol. The third-order valence-electron chi connectivity index (χ3n) is 4.42. The van der Waals surface area contributed by atoms with Crippen molar-refractivity contribution in [1.82, 2.24) is 9.78 Å². The number of para-hydroxylation sites is 1. The minimum Gasteiger partial charge on any atom is -0.497 e. The number of nitrogens with zero attached hydrogens (tertiary/aromatic N) is 2. The van der Waals surface area contributed by atoms with E-state index in [1.807, 2.05) is 67.6 Å². The van der Waals surface area contributed by atoms with Crippen molar-refractivity contribution in [2.45, 2.75) is 16.7 Å². The molecule has 30 heavy (non-hydrogen) atoms. The molecule has 4 aromatic rings. The van der Waals surface area contributed by atoms with E-state index in [1.54, 1.807) is 36.1 Å². The Morgan fingerprint density at radius 1 is 0.933 bits per heavy atom. The van der Waals surface area contributed by atoms with Crippen molar-refractivity contribution in [1.29, 1.82) is 0 Å². The number of methoxy groups -OCH3 is 1. The predicted octanol–water partition coefficient (Wildman–Crippen LogP) is 5.56. The molecule has 150 valence electrons. The Labute approximate surface area is 179 Å². The highest BCUT2D eigenvalue weighted by atomic mass is 32.2. The standard InChI is InChI=1S/C24H20N2O3S/c1-17-22(30-21-14-7-4-8-15-21)23(26(25-17)19-11-5-3-6-12-19)29-24(27)18-10-9-13-20(16-18)28-2/h3-16H,1-2H3. The zero-order valence-corrected chi connectivity index (χ0v) is 17.4. The Bertz CT molecular complexity index is 1160. The van der Waals surface area contributed by atoms with E-state index in [-0.39, 0.29) is 0 Å². The summed E-state index contributed by atoms with van der Waals surface area (Å²) in [6.07, 6.45) is 0. The zero-order chi connectivity index (χ0) is 20.9. The van der Waals surface area contributed by atoms with Gasteiger partial charge in [-0.1, -0.05) is 54.2 Å². The fourth-order valence-electron chi connectivity index (χ4n) is 2.95. The van der Waals surface area contributed by atoms with Gasteiger partial charge in [-0.2, -0.15) is 9.78 Å². The second kappa shape index (κ2) is 8.88. The summed E-state index contributed by atoms with van der Waals surface area (Å²) >= 11 is 1.52. The molecule has 0 spiro atoms. The minimum absolute atomic E-state index is 0.389. The van der Waals surface area contributed by atoms with Gasteiger partial charge in [-0.15, -0.1) is 0 Å². The van der Waals surface area contributed by atoms with E-state index < -0.39 is 5.97 Å². The summed E-state index contributed by atoms with van der Waals surface area (Å²) in [5, 5.41) is 4.65. The molecule has 0 bridgehead atoms.